The third-order valence-electron chi connectivity index (χ3n) is 0.924. The van der Waals surface area contributed by atoms with E-state index in [1.165, 1.54) is 0 Å². The third-order valence-corrected chi connectivity index (χ3v) is 0.924. The van der Waals surface area contributed by atoms with Gasteiger partial charge in [0.2, 0.25) is 0 Å². The van der Waals surface area contributed by atoms with Crippen molar-refractivity contribution < 1.29 is 18.6 Å². The highest BCUT2D eigenvalue weighted by Gasteiger charge is 2.01. The van der Waals surface area contributed by atoms with E-state index in [2.05, 4.69) is 4.74 Å². The van der Waals surface area contributed by atoms with Crippen LogP contribution in [0.15, 0.2) is 0 Å². The molecule has 0 rings (SSSR count). The third kappa shape index (κ3) is 7.78. The Balaban J connectivity index is 2.91. The SMILES string of the molecule is CC(O)CCOCC(F)F. The van der Waals surface area contributed by atoms with Gasteiger partial charge in [0.05, 0.1) is 6.10 Å². The summed E-state index contributed by atoms with van der Waals surface area (Å²) >= 11 is 0. The van der Waals surface area contributed by atoms with E-state index >= 15 is 0 Å². The van der Waals surface area contributed by atoms with Crippen molar-refractivity contribution in [3.8, 4) is 0 Å². The highest BCUT2D eigenvalue weighted by molar-refractivity contribution is 4.44. The Kier molecular flexibility index (Phi) is 5.43. The fourth-order valence-electron chi connectivity index (χ4n) is 0.426. The van der Waals surface area contributed by atoms with Crippen molar-refractivity contribution in [3.05, 3.63) is 0 Å². The number of ether oxygens (including phenoxy) is 1. The van der Waals surface area contributed by atoms with Crippen LogP contribution in [0.4, 0.5) is 8.78 Å². The second-order valence-corrected chi connectivity index (χ2v) is 2.10. The molecular weight excluding hydrogens is 142 g/mol. The number of halogens is 2. The van der Waals surface area contributed by atoms with Crippen LogP contribution in [-0.2, 0) is 4.74 Å². The van der Waals surface area contributed by atoms with Crippen LogP contribution in [-0.4, -0.2) is 30.8 Å². The van der Waals surface area contributed by atoms with Crippen molar-refractivity contribution in [1.82, 2.24) is 0 Å². The van der Waals surface area contributed by atoms with Gasteiger partial charge in [-0.25, -0.2) is 8.78 Å². The molecule has 0 spiro atoms. The Morgan fingerprint density at radius 2 is 2.10 bits per heavy atom. The van der Waals surface area contributed by atoms with Gasteiger partial charge in [-0.3, -0.25) is 0 Å². The largest absolute Gasteiger partial charge is 0.393 e. The van der Waals surface area contributed by atoms with Gasteiger partial charge in [0.1, 0.15) is 6.61 Å². The molecule has 1 N–H and O–H groups in total. The molecule has 10 heavy (non-hydrogen) atoms. The maximum Gasteiger partial charge on any atom is 0.261 e. The number of aliphatic hydroxyl groups is 1. The fraction of sp³-hybridized carbons (Fsp3) is 1.00. The van der Waals surface area contributed by atoms with E-state index in [4.69, 9.17) is 5.11 Å². The summed E-state index contributed by atoms with van der Waals surface area (Å²) in [6.45, 7) is 1.25. The molecule has 0 aromatic carbocycles. The van der Waals surface area contributed by atoms with Gasteiger partial charge in [0.15, 0.2) is 0 Å². The first-order valence-corrected chi connectivity index (χ1v) is 3.17. The minimum atomic E-state index is -2.41. The molecule has 0 amide bonds. The Hall–Kier alpha value is -0.220. The maximum atomic E-state index is 11.4. The van der Waals surface area contributed by atoms with Gasteiger partial charge in [0.25, 0.3) is 6.43 Å². The Bertz CT molecular complexity index is 66.1. The predicted molar refractivity (Wildman–Crippen MR) is 33.1 cm³/mol. The molecule has 0 aliphatic rings. The second kappa shape index (κ2) is 5.56. The minimum Gasteiger partial charge on any atom is -0.393 e. The second-order valence-electron chi connectivity index (χ2n) is 2.10. The number of aliphatic hydroxyl groups excluding tert-OH is 1. The molecule has 0 saturated heterocycles. The fourth-order valence-corrected chi connectivity index (χ4v) is 0.426. The molecule has 0 saturated carbocycles. The van der Waals surface area contributed by atoms with Crippen LogP contribution < -0.4 is 0 Å². The normalized spacial score (nSPS) is 14.1. The molecule has 0 aliphatic heterocycles. The molecule has 1 atom stereocenters. The van der Waals surface area contributed by atoms with Crippen molar-refractivity contribution in [2.75, 3.05) is 13.2 Å². The standard InChI is InChI=1S/C6H12F2O2/c1-5(9)2-3-10-4-6(7)8/h5-6,9H,2-4H2,1H3. The molecular formula is C6H12F2O2. The van der Waals surface area contributed by atoms with Crippen molar-refractivity contribution in [2.45, 2.75) is 25.9 Å². The summed E-state index contributed by atoms with van der Waals surface area (Å²) in [5, 5.41) is 8.65. The van der Waals surface area contributed by atoms with Gasteiger partial charge >= 0.3 is 0 Å². The maximum absolute atomic E-state index is 11.4. The van der Waals surface area contributed by atoms with Crippen LogP contribution in [0.3, 0.4) is 0 Å². The number of alkyl halides is 2. The molecule has 62 valence electrons. The predicted octanol–water partition coefficient (Wildman–Crippen LogP) is 1.04. The highest BCUT2D eigenvalue weighted by Crippen LogP contribution is 1.95. The lowest BCUT2D eigenvalue weighted by atomic mass is 10.3. The monoisotopic (exact) mass is 154 g/mol. The Morgan fingerprint density at radius 1 is 1.50 bits per heavy atom. The average molecular weight is 154 g/mol. The first-order chi connectivity index (χ1) is 4.63. The average Bonchev–Trinajstić information content (AvgIpc) is 1.79. The summed E-state index contributed by atoms with van der Waals surface area (Å²) in [5.41, 5.74) is 0. The zero-order valence-electron chi connectivity index (χ0n) is 5.89. The highest BCUT2D eigenvalue weighted by atomic mass is 19.3. The summed E-state index contributed by atoms with van der Waals surface area (Å²) in [7, 11) is 0. The lowest BCUT2D eigenvalue weighted by molar-refractivity contribution is 0.00677. The van der Waals surface area contributed by atoms with Gasteiger partial charge < -0.3 is 9.84 Å². The number of hydrogen-bond acceptors (Lipinski definition) is 2. The van der Waals surface area contributed by atoms with Crippen LogP contribution >= 0.6 is 0 Å². The first-order valence-electron chi connectivity index (χ1n) is 3.17. The van der Waals surface area contributed by atoms with Crippen molar-refractivity contribution in [1.29, 1.82) is 0 Å². The number of hydrogen-bond donors (Lipinski definition) is 1. The molecule has 0 aromatic heterocycles. The molecule has 0 aromatic rings. The summed E-state index contributed by atoms with van der Waals surface area (Å²) < 4.78 is 27.2. The van der Waals surface area contributed by atoms with E-state index in [0.717, 1.165) is 0 Å². The van der Waals surface area contributed by atoms with E-state index < -0.39 is 19.1 Å². The quantitative estimate of drug-likeness (QED) is 0.599. The first kappa shape index (κ1) is 9.78. The topological polar surface area (TPSA) is 29.5 Å². The number of rotatable bonds is 5. The van der Waals surface area contributed by atoms with Gasteiger partial charge in [0, 0.05) is 6.61 Å². The zero-order chi connectivity index (χ0) is 7.98. The molecule has 0 radical (unpaired) electrons. The van der Waals surface area contributed by atoms with Crippen molar-refractivity contribution >= 4 is 0 Å². The van der Waals surface area contributed by atoms with E-state index in [0.29, 0.717) is 6.42 Å². The summed E-state index contributed by atoms with van der Waals surface area (Å²) in [6, 6.07) is 0. The van der Waals surface area contributed by atoms with Crippen LogP contribution in [0.2, 0.25) is 0 Å². The Morgan fingerprint density at radius 3 is 2.50 bits per heavy atom. The minimum absolute atomic E-state index is 0.196. The molecule has 0 bridgehead atoms. The van der Waals surface area contributed by atoms with E-state index in [9.17, 15) is 8.78 Å². The van der Waals surface area contributed by atoms with Crippen LogP contribution in [0, 0.1) is 0 Å². The molecule has 1 unspecified atom stereocenters. The van der Waals surface area contributed by atoms with E-state index in [-0.39, 0.29) is 6.61 Å². The molecule has 0 fully saturated rings. The zero-order valence-corrected chi connectivity index (χ0v) is 5.89. The summed E-state index contributed by atoms with van der Waals surface area (Å²) in [5.74, 6) is 0. The molecule has 4 heteroatoms. The molecule has 0 aliphatic carbocycles. The van der Waals surface area contributed by atoms with Crippen LogP contribution in [0.1, 0.15) is 13.3 Å². The van der Waals surface area contributed by atoms with E-state index in [1.54, 1.807) is 6.92 Å². The molecule has 0 heterocycles. The smallest absolute Gasteiger partial charge is 0.261 e. The van der Waals surface area contributed by atoms with Gasteiger partial charge in [-0.05, 0) is 13.3 Å². The van der Waals surface area contributed by atoms with Gasteiger partial charge in [-0.2, -0.15) is 0 Å². The lowest BCUT2D eigenvalue weighted by Crippen LogP contribution is -2.09. The van der Waals surface area contributed by atoms with Gasteiger partial charge in [-0.1, -0.05) is 0 Å². The van der Waals surface area contributed by atoms with E-state index in [1.807, 2.05) is 0 Å². The van der Waals surface area contributed by atoms with Gasteiger partial charge in [-0.15, -0.1) is 0 Å². The summed E-state index contributed by atoms with van der Waals surface area (Å²) in [4.78, 5) is 0. The van der Waals surface area contributed by atoms with Crippen molar-refractivity contribution in [2.24, 2.45) is 0 Å². The summed E-state index contributed by atoms with van der Waals surface area (Å²) in [6.07, 6.45) is -2.47. The molecule has 2 nitrogen and oxygen atoms in total. The van der Waals surface area contributed by atoms with Crippen molar-refractivity contribution in [3.63, 3.8) is 0 Å². The van der Waals surface area contributed by atoms with Crippen LogP contribution in [0.25, 0.3) is 0 Å². The Labute approximate surface area is 58.8 Å². The van der Waals surface area contributed by atoms with Crippen LogP contribution in [0.5, 0.6) is 0 Å². The lowest BCUT2D eigenvalue weighted by Gasteiger charge is -2.04.